The summed E-state index contributed by atoms with van der Waals surface area (Å²) in [5, 5.41) is 4.75. The van der Waals surface area contributed by atoms with Crippen LogP contribution in [0.25, 0.3) is 17.0 Å². The molecule has 2 heterocycles. The molecule has 1 aliphatic rings. The summed E-state index contributed by atoms with van der Waals surface area (Å²) in [7, 11) is 0. The topological polar surface area (TPSA) is 154 Å². The van der Waals surface area contributed by atoms with Crippen LogP contribution in [0.4, 0.5) is 0 Å². The molecule has 0 spiro atoms. The fourth-order valence-electron chi connectivity index (χ4n) is 5.37. The number of H-pyrrole nitrogens is 1. The predicted molar refractivity (Wildman–Crippen MR) is 178 cm³/mol. The summed E-state index contributed by atoms with van der Waals surface area (Å²) in [6.45, 7) is 10.0. The maximum Gasteiger partial charge on any atom is 0.306 e. The van der Waals surface area contributed by atoms with Crippen LogP contribution in [-0.4, -0.2) is 66.0 Å². The van der Waals surface area contributed by atoms with Crippen molar-refractivity contribution < 1.29 is 43.0 Å². The molecule has 0 unspecified atom stereocenters. The van der Waals surface area contributed by atoms with Crippen LogP contribution in [0.3, 0.4) is 0 Å². The summed E-state index contributed by atoms with van der Waals surface area (Å²) in [6, 6.07) is 16.1. The average molecular weight is 664 g/mol. The lowest BCUT2D eigenvalue weighted by molar-refractivity contribution is -0.312. The van der Waals surface area contributed by atoms with Crippen LogP contribution in [0, 0.1) is 6.92 Å². The number of carbonyl (C=O) groups is 4. The van der Waals surface area contributed by atoms with Gasteiger partial charge in [0.2, 0.25) is 6.29 Å². The van der Waals surface area contributed by atoms with Gasteiger partial charge in [0.1, 0.15) is 0 Å². The Hall–Kier alpha value is -4.52. The van der Waals surface area contributed by atoms with E-state index in [4.69, 9.17) is 23.8 Å². The van der Waals surface area contributed by atoms with Crippen molar-refractivity contribution in [2.75, 3.05) is 6.54 Å². The first-order valence-electron chi connectivity index (χ1n) is 16.4. The molecule has 12 nitrogen and oxygen atoms in total. The van der Waals surface area contributed by atoms with Crippen molar-refractivity contribution >= 4 is 40.8 Å². The molecule has 2 aromatic carbocycles. The summed E-state index contributed by atoms with van der Waals surface area (Å²) in [6.07, 6.45) is -1.85. The van der Waals surface area contributed by atoms with Crippen molar-refractivity contribution in [2.24, 2.45) is 0 Å². The highest BCUT2D eigenvalue weighted by Gasteiger charge is 2.51. The number of hydrogen-bond donors (Lipinski definition) is 3. The van der Waals surface area contributed by atoms with E-state index in [9.17, 15) is 19.2 Å². The highest BCUT2D eigenvalue weighted by atomic mass is 16.8. The first-order chi connectivity index (χ1) is 23.1. The van der Waals surface area contributed by atoms with Crippen LogP contribution in [0.5, 0.6) is 0 Å². The van der Waals surface area contributed by atoms with Gasteiger partial charge in [-0.2, -0.15) is 0 Å². The zero-order valence-corrected chi connectivity index (χ0v) is 28.1. The Morgan fingerprint density at radius 1 is 0.854 bits per heavy atom. The van der Waals surface area contributed by atoms with Crippen molar-refractivity contribution in [1.29, 1.82) is 0 Å². The SMILES string of the molecule is CCC(=O)O[C@H]1[C@H](OC(=O)CC)[C@H](ONC(=O)/C=C/c2ccc(CNCCc3c(C)[nH]c4ccccc34)cc2)O[C@@H](C)[C@H]1OC(=O)CC. The van der Waals surface area contributed by atoms with Crippen molar-refractivity contribution in [2.45, 2.75) is 97.6 Å². The maximum atomic E-state index is 12.7. The summed E-state index contributed by atoms with van der Waals surface area (Å²) in [4.78, 5) is 58.4. The van der Waals surface area contributed by atoms with Crippen LogP contribution in [0.1, 0.15) is 69.3 Å². The van der Waals surface area contributed by atoms with Gasteiger partial charge in [0.15, 0.2) is 18.3 Å². The van der Waals surface area contributed by atoms with Crippen molar-refractivity contribution in [1.82, 2.24) is 15.8 Å². The predicted octanol–water partition coefficient (Wildman–Crippen LogP) is 4.58. The molecule has 1 aliphatic heterocycles. The minimum absolute atomic E-state index is 0.0152. The molecule has 5 atom stereocenters. The number of ether oxygens (including phenoxy) is 4. The number of amides is 1. The molecule has 0 aliphatic carbocycles. The number of para-hydroxylation sites is 1. The molecule has 1 aromatic heterocycles. The number of benzene rings is 2. The van der Waals surface area contributed by atoms with E-state index in [1.165, 1.54) is 22.7 Å². The highest BCUT2D eigenvalue weighted by Crippen LogP contribution is 2.29. The molecule has 3 aromatic rings. The largest absolute Gasteiger partial charge is 0.455 e. The molecule has 1 amide bonds. The molecule has 0 saturated carbocycles. The van der Waals surface area contributed by atoms with Gasteiger partial charge in [-0.15, -0.1) is 0 Å². The smallest absolute Gasteiger partial charge is 0.306 e. The highest BCUT2D eigenvalue weighted by molar-refractivity contribution is 5.91. The number of aromatic amines is 1. The van der Waals surface area contributed by atoms with Gasteiger partial charge < -0.3 is 29.2 Å². The second-order valence-corrected chi connectivity index (χ2v) is 11.5. The molecule has 12 heteroatoms. The second kappa shape index (κ2) is 17.6. The number of rotatable bonds is 15. The third-order valence-electron chi connectivity index (χ3n) is 7.99. The van der Waals surface area contributed by atoms with Crippen molar-refractivity contribution in [3.63, 3.8) is 0 Å². The number of carbonyl (C=O) groups excluding carboxylic acids is 4. The Morgan fingerprint density at radius 3 is 2.15 bits per heavy atom. The Balaban J connectivity index is 1.31. The first kappa shape index (κ1) is 36.3. The fraction of sp³-hybridized carbons (Fsp3) is 0.444. The molecular formula is C36H45N3O9. The molecular weight excluding hydrogens is 618 g/mol. The van der Waals surface area contributed by atoms with Gasteiger partial charge in [-0.3, -0.25) is 19.2 Å². The van der Waals surface area contributed by atoms with E-state index in [2.05, 4.69) is 40.9 Å². The minimum atomic E-state index is -1.36. The number of fused-ring (bicyclic) bond motifs is 1. The van der Waals surface area contributed by atoms with Crippen LogP contribution < -0.4 is 10.8 Å². The van der Waals surface area contributed by atoms with Crippen LogP contribution in [0.15, 0.2) is 54.6 Å². The van der Waals surface area contributed by atoms with Gasteiger partial charge in [0.05, 0.1) is 6.10 Å². The van der Waals surface area contributed by atoms with E-state index in [0.717, 1.165) is 29.6 Å². The molecule has 258 valence electrons. The molecule has 48 heavy (non-hydrogen) atoms. The van der Waals surface area contributed by atoms with Gasteiger partial charge in [-0.1, -0.05) is 63.2 Å². The summed E-state index contributed by atoms with van der Waals surface area (Å²) >= 11 is 0. The van der Waals surface area contributed by atoms with Gasteiger partial charge in [0, 0.05) is 48.5 Å². The van der Waals surface area contributed by atoms with E-state index >= 15 is 0 Å². The Kier molecular flexibility index (Phi) is 13.3. The van der Waals surface area contributed by atoms with Gasteiger partial charge >= 0.3 is 17.9 Å². The van der Waals surface area contributed by atoms with Crippen LogP contribution in [-0.2, 0) is 55.9 Å². The van der Waals surface area contributed by atoms with Gasteiger partial charge in [0.25, 0.3) is 5.91 Å². The molecule has 0 radical (unpaired) electrons. The summed E-state index contributed by atoms with van der Waals surface area (Å²) < 4.78 is 22.4. The first-order valence-corrected chi connectivity index (χ1v) is 16.4. The molecule has 1 fully saturated rings. The molecule has 1 saturated heterocycles. The van der Waals surface area contributed by atoms with Crippen molar-refractivity contribution in [3.8, 4) is 0 Å². The maximum absolute atomic E-state index is 12.7. The lowest BCUT2D eigenvalue weighted by atomic mass is 9.99. The average Bonchev–Trinajstić information content (AvgIpc) is 3.42. The lowest BCUT2D eigenvalue weighted by Gasteiger charge is -2.43. The standard InChI is InChI=1S/C36H45N3O9/c1-6-30(41)45-33-23(5)44-36(35(47-32(43)8-3)34(33)46-31(42)7-2)48-39-29(40)18-17-24-13-15-25(16-14-24)21-37-20-19-26-22(4)38-28-12-10-9-11-27(26)28/h9-18,23,33-38H,6-8,19-21H2,1-5H3,(H,39,40)/b18-17+/t23-,33+,34+,35-,36-/m0/s1. The van der Waals surface area contributed by atoms with Crippen LogP contribution >= 0.6 is 0 Å². The lowest BCUT2D eigenvalue weighted by Crippen LogP contribution is -2.62. The zero-order valence-electron chi connectivity index (χ0n) is 28.1. The van der Waals surface area contributed by atoms with Crippen molar-refractivity contribution in [3.05, 3.63) is 77.0 Å². The third kappa shape index (κ3) is 9.75. The van der Waals surface area contributed by atoms with Gasteiger partial charge in [-0.05, 0) is 55.6 Å². The van der Waals surface area contributed by atoms with E-state index < -0.39 is 54.5 Å². The van der Waals surface area contributed by atoms with E-state index in [-0.39, 0.29) is 19.3 Å². The van der Waals surface area contributed by atoms with E-state index in [0.29, 0.717) is 6.54 Å². The van der Waals surface area contributed by atoms with E-state index in [1.807, 2.05) is 30.3 Å². The zero-order chi connectivity index (χ0) is 34.6. The number of aromatic nitrogens is 1. The van der Waals surface area contributed by atoms with Crippen LogP contribution in [0.2, 0.25) is 0 Å². The number of aryl methyl sites for hydroxylation is 1. The molecule has 0 bridgehead atoms. The summed E-state index contributed by atoms with van der Waals surface area (Å²) in [5.74, 6) is -2.38. The molecule has 3 N–H and O–H groups in total. The quantitative estimate of drug-likeness (QED) is 0.0692. The van der Waals surface area contributed by atoms with E-state index in [1.54, 1.807) is 33.8 Å². The number of hydrogen-bond acceptors (Lipinski definition) is 10. The Bertz CT molecular complexity index is 1580. The monoisotopic (exact) mass is 663 g/mol. The van der Waals surface area contributed by atoms with Gasteiger partial charge in [-0.25, -0.2) is 10.3 Å². The Labute approximate surface area is 280 Å². The third-order valence-corrected chi connectivity index (χ3v) is 7.99. The molecule has 4 rings (SSSR count). The second-order valence-electron chi connectivity index (χ2n) is 11.5. The minimum Gasteiger partial charge on any atom is -0.455 e. The fourth-order valence-corrected chi connectivity index (χ4v) is 5.37. The summed E-state index contributed by atoms with van der Waals surface area (Å²) in [5.41, 5.74) is 7.86. The Morgan fingerprint density at radius 2 is 1.48 bits per heavy atom. The number of esters is 3. The normalized spacial score (nSPS) is 20.8. The number of hydroxylamine groups is 1. The number of nitrogens with one attached hydrogen (secondary N) is 3.